The number of aliphatic hydroxyl groups excluding tert-OH is 1. The maximum Gasteiger partial charge on any atom is 0.185 e. The molecule has 0 aromatic carbocycles. The largest absolute Gasteiger partial charge is 0.386 e. The summed E-state index contributed by atoms with van der Waals surface area (Å²) in [7, 11) is 1.52. The number of anilines is 1. The lowest BCUT2D eigenvalue weighted by Crippen LogP contribution is -2.43. The molecule has 7 nitrogen and oxygen atoms in total. The van der Waals surface area contributed by atoms with Gasteiger partial charge in [-0.2, -0.15) is 0 Å². The van der Waals surface area contributed by atoms with Crippen LogP contribution in [-0.4, -0.2) is 45.8 Å². The van der Waals surface area contributed by atoms with Crippen molar-refractivity contribution in [3.05, 3.63) is 18.1 Å². The molecule has 3 unspecified atom stereocenters. The fraction of sp³-hybridized carbons (Fsp3) is 0.538. The van der Waals surface area contributed by atoms with Crippen molar-refractivity contribution in [1.29, 1.82) is 0 Å². The maximum atomic E-state index is 10.4. The number of aryl methyl sites for hydroxylation is 1. The van der Waals surface area contributed by atoms with E-state index in [-0.39, 0.29) is 6.04 Å². The fourth-order valence-corrected chi connectivity index (χ4v) is 2.84. The molecule has 2 aromatic rings. The summed E-state index contributed by atoms with van der Waals surface area (Å²) >= 11 is 0. The van der Waals surface area contributed by atoms with Crippen LogP contribution in [0.15, 0.2) is 12.4 Å². The zero-order valence-corrected chi connectivity index (χ0v) is 11.5. The smallest absolute Gasteiger partial charge is 0.185 e. The molecule has 3 atom stereocenters. The Kier molecular flexibility index (Phi) is 3.33. The van der Waals surface area contributed by atoms with Crippen molar-refractivity contribution in [1.82, 2.24) is 14.5 Å². The summed E-state index contributed by atoms with van der Waals surface area (Å²) in [5.41, 5.74) is 7.59. The first kappa shape index (κ1) is 13.3. The highest BCUT2D eigenvalue weighted by Crippen LogP contribution is 2.32. The van der Waals surface area contributed by atoms with Gasteiger partial charge in [-0.3, -0.25) is 0 Å². The Balaban J connectivity index is 2.09. The highest BCUT2D eigenvalue weighted by molar-refractivity contribution is 5.87. The van der Waals surface area contributed by atoms with Gasteiger partial charge >= 0.3 is 0 Å². The molecule has 1 aliphatic rings. The molecule has 1 aliphatic heterocycles. The van der Waals surface area contributed by atoms with Crippen molar-refractivity contribution in [2.24, 2.45) is 0 Å². The van der Waals surface area contributed by atoms with Crippen molar-refractivity contribution in [2.45, 2.75) is 31.8 Å². The molecule has 0 bridgehead atoms. The van der Waals surface area contributed by atoms with Crippen LogP contribution in [0.25, 0.3) is 11.0 Å². The van der Waals surface area contributed by atoms with E-state index in [1.165, 1.54) is 13.4 Å². The second kappa shape index (κ2) is 5.01. The number of aromatic nitrogens is 3. The molecule has 20 heavy (non-hydrogen) atoms. The highest BCUT2D eigenvalue weighted by Gasteiger charge is 2.35. The molecule has 7 heteroatoms. The zero-order chi connectivity index (χ0) is 14.3. The van der Waals surface area contributed by atoms with Gasteiger partial charge in [0.2, 0.25) is 0 Å². The molecule has 3 N–H and O–H groups in total. The predicted octanol–water partition coefficient (Wildman–Crippen LogP) is 0.617. The molecular weight excluding hydrogens is 260 g/mol. The first-order valence-corrected chi connectivity index (χ1v) is 6.54. The molecule has 0 saturated carbocycles. The van der Waals surface area contributed by atoms with Gasteiger partial charge < -0.3 is 24.9 Å². The van der Waals surface area contributed by atoms with Gasteiger partial charge in [0.1, 0.15) is 23.9 Å². The predicted molar refractivity (Wildman–Crippen MR) is 73.1 cm³/mol. The van der Waals surface area contributed by atoms with Gasteiger partial charge in [0.15, 0.2) is 6.29 Å². The number of aliphatic hydroxyl groups is 1. The van der Waals surface area contributed by atoms with E-state index < -0.39 is 12.4 Å². The van der Waals surface area contributed by atoms with Gasteiger partial charge in [0.05, 0.1) is 18.0 Å². The standard InChI is InChI=1S/C13H18N4O3/c1-7-5-8-11(14)15-6-16-12(8)17(7)9-3-4-20-13(19-2)10(9)18/h5-6,9-10,13,18H,3-4H2,1-2H3,(H2,14,15,16). The van der Waals surface area contributed by atoms with Crippen molar-refractivity contribution >= 4 is 16.9 Å². The van der Waals surface area contributed by atoms with Crippen LogP contribution >= 0.6 is 0 Å². The number of nitrogens with zero attached hydrogens (tertiary/aromatic N) is 3. The number of ether oxygens (including phenoxy) is 2. The Bertz CT molecular complexity index is 627. The second-order valence-corrected chi connectivity index (χ2v) is 4.97. The summed E-state index contributed by atoms with van der Waals surface area (Å²) in [5.74, 6) is 0.446. The van der Waals surface area contributed by atoms with E-state index >= 15 is 0 Å². The number of fused-ring (bicyclic) bond motifs is 1. The molecule has 0 aliphatic carbocycles. The molecule has 1 saturated heterocycles. The number of hydrogen-bond donors (Lipinski definition) is 2. The van der Waals surface area contributed by atoms with E-state index in [2.05, 4.69) is 9.97 Å². The quantitative estimate of drug-likeness (QED) is 0.836. The van der Waals surface area contributed by atoms with E-state index in [1.54, 1.807) is 0 Å². The third-order valence-corrected chi connectivity index (χ3v) is 3.79. The maximum absolute atomic E-state index is 10.4. The molecule has 0 amide bonds. The van der Waals surface area contributed by atoms with E-state index in [1.807, 2.05) is 17.6 Å². The average Bonchev–Trinajstić information content (AvgIpc) is 2.77. The number of methoxy groups -OCH3 is 1. The Morgan fingerprint density at radius 3 is 3.05 bits per heavy atom. The van der Waals surface area contributed by atoms with Gasteiger partial charge in [0, 0.05) is 12.8 Å². The van der Waals surface area contributed by atoms with Crippen LogP contribution in [0.4, 0.5) is 5.82 Å². The highest BCUT2D eigenvalue weighted by atomic mass is 16.7. The molecule has 3 rings (SSSR count). The van der Waals surface area contributed by atoms with Crippen molar-refractivity contribution in [2.75, 3.05) is 19.5 Å². The number of nitrogens with two attached hydrogens (primary N) is 1. The van der Waals surface area contributed by atoms with Gasteiger partial charge in [-0.25, -0.2) is 9.97 Å². The molecule has 0 radical (unpaired) electrons. The van der Waals surface area contributed by atoms with Crippen LogP contribution in [0.1, 0.15) is 18.2 Å². The van der Waals surface area contributed by atoms with Crippen LogP contribution in [-0.2, 0) is 9.47 Å². The third-order valence-electron chi connectivity index (χ3n) is 3.79. The summed E-state index contributed by atoms with van der Waals surface area (Å²) < 4.78 is 12.6. The Morgan fingerprint density at radius 1 is 1.50 bits per heavy atom. The lowest BCUT2D eigenvalue weighted by molar-refractivity contribution is -0.215. The molecular formula is C13H18N4O3. The van der Waals surface area contributed by atoms with Crippen molar-refractivity contribution in [3.8, 4) is 0 Å². The molecule has 3 heterocycles. The Morgan fingerprint density at radius 2 is 2.30 bits per heavy atom. The molecule has 1 fully saturated rings. The average molecular weight is 278 g/mol. The molecule has 0 spiro atoms. The van der Waals surface area contributed by atoms with E-state index in [0.29, 0.717) is 18.8 Å². The minimum absolute atomic E-state index is 0.152. The van der Waals surface area contributed by atoms with Gasteiger partial charge in [-0.1, -0.05) is 0 Å². The molecule has 108 valence electrons. The minimum atomic E-state index is -0.751. The minimum Gasteiger partial charge on any atom is -0.386 e. The summed E-state index contributed by atoms with van der Waals surface area (Å²) in [4.78, 5) is 8.30. The third kappa shape index (κ3) is 1.94. The fourth-order valence-electron chi connectivity index (χ4n) is 2.84. The normalized spacial score (nSPS) is 27.1. The SMILES string of the molecule is COC1OCCC(n2c(C)cc3c(N)ncnc32)C1O. The topological polar surface area (TPSA) is 95.4 Å². The van der Waals surface area contributed by atoms with Crippen LogP contribution < -0.4 is 5.73 Å². The van der Waals surface area contributed by atoms with Crippen LogP contribution in [0.3, 0.4) is 0 Å². The van der Waals surface area contributed by atoms with Crippen molar-refractivity contribution in [3.63, 3.8) is 0 Å². The summed E-state index contributed by atoms with van der Waals surface area (Å²) in [6.07, 6.45) is 0.756. The first-order chi connectivity index (χ1) is 9.63. The van der Waals surface area contributed by atoms with Crippen LogP contribution in [0, 0.1) is 6.92 Å². The number of rotatable bonds is 2. The van der Waals surface area contributed by atoms with Gasteiger partial charge in [-0.15, -0.1) is 0 Å². The second-order valence-electron chi connectivity index (χ2n) is 4.97. The van der Waals surface area contributed by atoms with Gasteiger partial charge in [-0.05, 0) is 19.4 Å². The first-order valence-electron chi connectivity index (χ1n) is 6.54. The number of nitrogen functional groups attached to an aromatic ring is 1. The monoisotopic (exact) mass is 278 g/mol. The lowest BCUT2D eigenvalue weighted by atomic mass is 10.0. The number of hydrogen-bond acceptors (Lipinski definition) is 6. The Hall–Kier alpha value is -1.70. The van der Waals surface area contributed by atoms with Crippen LogP contribution in [0.2, 0.25) is 0 Å². The van der Waals surface area contributed by atoms with Gasteiger partial charge in [0.25, 0.3) is 0 Å². The van der Waals surface area contributed by atoms with Crippen molar-refractivity contribution < 1.29 is 14.6 Å². The Labute approximate surface area is 116 Å². The molecule has 2 aromatic heterocycles. The zero-order valence-electron chi connectivity index (χ0n) is 11.5. The van der Waals surface area contributed by atoms with E-state index in [0.717, 1.165) is 16.7 Å². The summed E-state index contributed by atoms with van der Waals surface area (Å²) in [6, 6.07) is 1.79. The summed E-state index contributed by atoms with van der Waals surface area (Å²) in [6.45, 7) is 2.49. The van der Waals surface area contributed by atoms with Crippen LogP contribution in [0.5, 0.6) is 0 Å². The van der Waals surface area contributed by atoms with E-state index in [4.69, 9.17) is 15.2 Å². The lowest BCUT2D eigenvalue weighted by Gasteiger charge is -2.35. The summed E-state index contributed by atoms with van der Waals surface area (Å²) in [5, 5.41) is 11.2. The van der Waals surface area contributed by atoms with E-state index in [9.17, 15) is 5.11 Å².